The molecule has 0 aromatic heterocycles. The van der Waals surface area contributed by atoms with Crippen molar-refractivity contribution >= 4 is 29.7 Å². The second-order valence-electron chi connectivity index (χ2n) is 17.1. The van der Waals surface area contributed by atoms with Crippen LogP contribution in [0.1, 0.15) is 69.8 Å². The van der Waals surface area contributed by atoms with Gasteiger partial charge in [0.2, 0.25) is 17.7 Å². The third-order valence-corrected chi connectivity index (χ3v) is 11.7. The van der Waals surface area contributed by atoms with E-state index in [4.69, 9.17) is 33.2 Å². The zero-order valence-corrected chi connectivity index (χ0v) is 38.5. The molecule has 398 valence electrons. The lowest BCUT2D eigenvalue weighted by Gasteiger charge is -2.46. The van der Waals surface area contributed by atoms with Crippen LogP contribution >= 0.6 is 0 Å². The summed E-state index contributed by atoms with van der Waals surface area (Å²) in [5.41, 5.74) is 0.848. The number of benzene rings is 1. The van der Waals surface area contributed by atoms with E-state index in [1.165, 1.54) is 0 Å². The van der Waals surface area contributed by atoms with Gasteiger partial charge in [-0.25, -0.2) is 4.79 Å². The zero-order valence-electron chi connectivity index (χ0n) is 38.5. The Morgan fingerprint density at radius 2 is 1.13 bits per heavy atom. The maximum Gasteiger partial charge on any atom is 0.326 e. The van der Waals surface area contributed by atoms with Crippen LogP contribution in [-0.4, -0.2) is 224 Å². The number of aliphatic carboxylic acids is 1. The van der Waals surface area contributed by atoms with Gasteiger partial charge in [-0.05, 0) is 37.7 Å². The van der Waals surface area contributed by atoms with Crippen molar-refractivity contribution in [3.8, 4) is 0 Å². The number of aliphatic hydroxyl groups excluding tert-OH is 10. The number of hydrogen-bond donors (Lipinski definition) is 14. The summed E-state index contributed by atoms with van der Waals surface area (Å²) in [6.07, 6.45) is -23.5. The van der Waals surface area contributed by atoms with E-state index in [9.17, 15) is 80.1 Å². The Morgan fingerprint density at radius 1 is 0.571 bits per heavy atom. The zero-order chi connectivity index (χ0) is 51.3. The molecule has 3 aliphatic rings. The van der Waals surface area contributed by atoms with Gasteiger partial charge in [-0.3, -0.25) is 19.2 Å². The first-order valence-electron chi connectivity index (χ1n) is 23.2. The highest BCUT2D eigenvalue weighted by Crippen LogP contribution is 2.31. The molecule has 70 heavy (non-hydrogen) atoms. The van der Waals surface area contributed by atoms with E-state index in [1.807, 2.05) is 30.3 Å². The van der Waals surface area contributed by atoms with Crippen molar-refractivity contribution in [3.05, 3.63) is 35.9 Å². The molecule has 0 spiro atoms. The molecular formula is C44H69N3O23. The van der Waals surface area contributed by atoms with Gasteiger partial charge in [0.25, 0.3) is 0 Å². The molecule has 3 amide bonds. The standard InChI is InChI=1S/C44H69N3O23/c48-19-25-32(54)35(57)37(59)42(67-25)66-22-27-34(56)40(70-44-38(60)36(58)33(55)26(20-49)68-44)39(61)43(69-27)64-18-17-46-28(50)11-5-2-8-16-45-29(51)15-14-24(41(62)63)47-30(52)12-6-7-13-31(53)65-21-23-9-3-1-4-10-23/h1,3-4,9-10,24-27,32-40,42-44,48-49,54-61H,2,5-8,11-22H2,(H,45,51)(H,46,50)(H,47,52)(H,62,63)/t24-,25+,26+,27+,32+,33+,34+,35-,36-,37-,38-,39-,40-,42-,43-,44+/m0/s1. The molecule has 0 unspecified atom stereocenters. The maximum absolute atomic E-state index is 12.5. The van der Waals surface area contributed by atoms with Crippen LogP contribution in [0.5, 0.6) is 0 Å². The summed E-state index contributed by atoms with van der Waals surface area (Å²) in [5.74, 6) is -3.02. The number of rotatable bonds is 29. The minimum absolute atomic E-state index is 0.00704. The number of nitrogens with one attached hydrogen (secondary N) is 3. The number of aliphatic hydroxyl groups is 10. The largest absolute Gasteiger partial charge is 0.480 e. The van der Waals surface area contributed by atoms with Gasteiger partial charge in [0, 0.05) is 38.8 Å². The summed E-state index contributed by atoms with van der Waals surface area (Å²) in [5, 5.41) is 120. The molecule has 16 atom stereocenters. The van der Waals surface area contributed by atoms with Crippen LogP contribution in [0.4, 0.5) is 0 Å². The average Bonchev–Trinajstić information content (AvgIpc) is 3.34. The van der Waals surface area contributed by atoms with Gasteiger partial charge in [0.15, 0.2) is 18.9 Å². The summed E-state index contributed by atoms with van der Waals surface area (Å²) >= 11 is 0. The summed E-state index contributed by atoms with van der Waals surface area (Å²) < 4.78 is 38.5. The summed E-state index contributed by atoms with van der Waals surface area (Å²) in [7, 11) is 0. The molecule has 3 heterocycles. The Morgan fingerprint density at radius 3 is 1.79 bits per heavy atom. The number of unbranched alkanes of at least 4 members (excludes halogenated alkanes) is 3. The molecule has 1 aromatic carbocycles. The van der Waals surface area contributed by atoms with Crippen LogP contribution < -0.4 is 16.0 Å². The lowest BCUT2D eigenvalue weighted by molar-refractivity contribution is -0.366. The fraction of sp³-hybridized carbons (Fsp3) is 0.750. The van der Waals surface area contributed by atoms with Crippen molar-refractivity contribution in [2.24, 2.45) is 0 Å². The van der Waals surface area contributed by atoms with Gasteiger partial charge in [0.1, 0.15) is 85.9 Å². The van der Waals surface area contributed by atoms with E-state index >= 15 is 0 Å². The fourth-order valence-electron chi connectivity index (χ4n) is 7.59. The number of carbonyl (C=O) groups is 5. The molecule has 0 saturated carbocycles. The molecule has 14 N–H and O–H groups in total. The summed E-state index contributed by atoms with van der Waals surface area (Å²) in [4.78, 5) is 61.0. The van der Waals surface area contributed by atoms with E-state index in [2.05, 4.69) is 16.0 Å². The second kappa shape index (κ2) is 30.1. The minimum atomic E-state index is -1.93. The smallest absolute Gasteiger partial charge is 0.326 e. The molecule has 0 bridgehead atoms. The molecule has 4 rings (SSSR count). The van der Waals surface area contributed by atoms with Crippen molar-refractivity contribution in [2.45, 2.75) is 169 Å². The lowest BCUT2D eigenvalue weighted by atomic mass is 9.96. The summed E-state index contributed by atoms with van der Waals surface area (Å²) in [6, 6.07) is 7.87. The van der Waals surface area contributed by atoms with Gasteiger partial charge in [-0.15, -0.1) is 0 Å². The Bertz CT molecular complexity index is 1750. The number of carboxylic acid groups (broad SMARTS) is 1. The molecule has 0 aliphatic carbocycles. The van der Waals surface area contributed by atoms with Gasteiger partial charge in [-0.1, -0.05) is 36.8 Å². The van der Waals surface area contributed by atoms with Crippen LogP contribution in [0, 0.1) is 0 Å². The Balaban J connectivity index is 1.13. The molecule has 26 nitrogen and oxygen atoms in total. The number of ether oxygens (including phenoxy) is 7. The minimum Gasteiger partial charge on any atom is -0.480 e. The van der Waals surface area contributed by atoms with Crippen LogP contribution in [0.15, 0.2) is 30.3 Å². The number of esters is 1. The predicted molar refractivity (Wildman–Crippen MR) is 233 cm³/mol. The topological polar surface area (TPSA) is 409 Å². The molecule has 0 radical (unpaired) electrons. The Hall–Kier alpha value is -4.07. The second-order valence-corrected chi connectivity index (χ2v) is 17.1. The number of amides is 3. The molecule has 3 saturated heterocycles. The molecule has 3 fully saturated rings. The highest BCUT2D eigenvalue weighted by atomic mass is 16.7. The van der Waals surface area contributed by atoms with Crippen LogP contribution in [0.2, 0.25) is 0 Å². The van der Waals surface area contributed by atoms with Crippen LogP contribution in [-0.2, 0) is 63.7 Å². The average molecular weight is 1010 g/mol. The van der Waals surface area contributed by atoms with Crippen molar-refractivity contribution in [1.82, 2.24) is 16.0 Å². The number of carboxylic acids is 1. The number of hydrogen-bond acceptors (Lipinski definition) is 22. The third-order valence-electron chi connectivity index (χ3n) is 11.7. The van der Waals surface area contributed by atoms with Crippen molar-refractivity contribution < 1.29 is 113 Å². The van der Waals surface area contributed by atoms with Gasteiger partial charge in [0.05, 0.1) is 26.4 Å². The Labute approximate surface area is 402 Å². The number of carbonyl (C=O) groups excluding carboxylic acids is 4. The highest BCUT2D eigenvalue weighted by Gasteiger charge is 2.52. The van der Waals surface area contributed by atoms with Crippen molar-refractivity contribution in [2.75, 3.05) is 39.5 Å². The van der Waals surface area contributed by atoms with E-state index in [-0.39, 0.29) is 64.3 Å². The lowest BCUT2D eigenvalue weighted by Crippen LogP contribution is -2.65. The highest BCUT2D eigenvalue weighted by molar-refractivity contribution is 5.84. The first-order chi connectivity index (χ1) is 33.4. The summed E-state index contributed by atoms with van der Waals surface area (Å²) in [6.45, 7) is -2.20. The first kappa shape index (κ1) is 58.5. The first-order valence-corrected chi connectivity index (χ1v) is 23.2. The van der Waals surface area contributed by atoms with Gasteiger partial charge < -0.3 is 105 Å². The molecular weight excluding hydrogens is 938 g/mol. The Kier molecular flexibility index (Phi) is 25.1. The third kappa shape index (κ3) is 18.2. The van der Waals surface area contributed by atoms with E-state index < -0.39 is 142 Å². The quantitative estimate of drug-likeness (QED) is 0.0264. The molecule has 3 aliphatic heterocycles. The van der Waals surface area contributed by atoms with E-state index in [0.717, 1.165) is 5.56 Å². The van der Waals surface area contributed by atoms with Crippen molar-refractivity contribution in [1.29, 1.82) is 0 Å². The molecule has 26 heteroatoms. The van der Waals surface area contributed by atoms with Gasteiger partial charge in [-0.2, -0.15) is 0 Å². The van der Waals surface area contributed by atoms with Crippen molar-refractivity contribution in [3.63, 3.8) is 0 Å². The SMILES string of the molecule is O=C(CCCCCNC(=O)CC[C@H](NC(=O)CCCCC(=O)OCc1ccccc1)C(=O)O)NCCO[C@H]1O[C@H](CO[C@H]2O[C@H](CO)[C@@H](O)[C@H](O)[C@@H]2O)[C@@H](O)[C@H](O[C@H]2O[C@H](CO)[C@@H](O)[C@H](O)[C@@H]2O)[C@@H]1O. The maximum atomic E-state index is 12.5. The molecule has 1 aromatic rings. The normalized spacial score (nSPS) is 31.5. The van der Waals surface area contributed by atoms with Crippen LogP contribution in [0.3, 0.4) is 0 Å². The van der Waals surface area contributed by atoms with Crippen LogP contribution in [0.25, 0.3) is 0 Å². The van der Waals surface area contributed by atoms with Gasteiger partial charge >= 0.3 is 11.9 Å². The fourth-order valence-corrected chi connectivity index (χ4v) is 7.59. The monoisotopic (exact) mass is 1010 g/mol. The predicted octanol–water partition coefficient (Wildman–Crippen LogP) is -5.10. The van der Waals surface area contributed by atoms with E-state index in [0.29, 0.717) is 32.1 Å². The van der Waals surface area contributed by atoms with E-state index in [1.54, 1.807) is 0 Å².